The lowest BCUT2D eigenvalue weighted by Crippen LogP contribution is -2.34. The van der Waals surface area contributed by atoms with Crippen LogP contribution in [0.5, 0.6) is 0 Å². The zero-order valence-electron chi connectivity index (χ0n) is 16.7. The number of nitrogens with zero attached hydrogens (tertiary/aromatic N) is 4. The average Bonchev–Trinajstić information content (AvgIpc) is 3.07. The number of pyridine rings is 2. The number of hydrogen-bond acceptors (Lipinski definition) is 3. The highest BCUT2D eigenvalue weighted by molar-refractivity contribution is 5.94. The molecular formula is C24H24N4O. The fourth-order valence-electron chi connectivity index (χ4n) is 3.53. The molecule has 0 unspecified atom stereocenters. The van der Waals surface area contributed by atoms with Gasteiger partial charge in [0, 0.05) is 37.6 Å². The molecule has 4 aromatic rings. The van der Waals surface area contributed by atoms with Crippen LogP contribution in [-0.2, 0) is 13.0 Å². The van der Waals surface area contributed by atoms with Crippen LogP contribution in [0.3, 0.4) is 0 Å². The molecule has 29 heavy (non-hydrogen) atoms. The quantitative estimate of drug-likeness (QED) is 0.500. The summed E-state index contributed by atoms with van der Waals surface area (Å²) in [5.74, 6) is -0.0135. The maximum atomic E-state index is 13.6. The number of fused-ring (bicyclic) bond motifs is 1. The normalized spacial score (nSPS) is 11.0. The van der Waals surface area contributed by atoms with Gasteiger partial charge in [-0.25, -0.2) is 4.98 Å². The van der Waals surface area contributed by atoms with Crippen LogP contribution in [0.25, 0.3) is 5.65 Å². The fraction of sp³-hybridized carbons (Fsp3) is 0.208. The molecule has 4 rings (SSSR count). The molecule has 3 aromatic heterocycles. The van der Waals surface area contributed by atoms with Gasteiger partial charge in [0.15, 0.2) is 0 Å². The van der Waals surface area contributed by atoms with Crippen LogP contribution >= 0.6 is 0 Å². The molecule has 0 saturated heterocycles. The van der Waals surface area contributed by atoms with Crippen molar-refractivity contribution >= 4 is 11.6 Å². The van der Waals surface area contributed by atoms with E-state index in [9.17, 15) is 4.79 Å². The van der Waals surface area contributed by atoms with Gasteiger partial charge in [0.2, 0.25) is 0 Å². The van der Waals surface area contributed by atoms with Crippen molar-refractivity contribution in [1.29, 1.82) is 0 Å². The van der Waals surface area contributed by atoms with Crippen LogP contribution in [-0.4, -0.2) is 31.7 Å². The lowest BCUT2D eigenvalue weighted by molar-refractivity contribution is 0.0737. The Morgan fingerprint density at radius 2 is 1.79 bits per heavy atom. The lowest BCUT2D eigenvalue weighted by Gasteiger charge is -2.23. The van der Waals surface area contributed by atoms with Crippen LogP contribution in [0.2, 0.25) is 0 Å². The smallest absolute Gasteiger partial charge is 0.273 e. The van der Waals surface area contributed by atoms with Gasteiger partial charge in [-0.1, -0.05) is 42.5 Å². The van der Waals surface area contributed by atoms with Gasteiger partial charge in [-0.2, -0.15) is 0 Å². The van der Waals surface area contributed by atoms with E-state index in [-0.39, 0.29) is 5.91 Å². The first kappa shape index (κ1) is 18.9. The van der Waals surface area contributed by atoms with E-state index in [0.29, 0.717) is 25.2 Å². The predicted octanol–water partition coefficient (Wildman–Crippen LogP) is 4.23. The van der Waals surface area contributed by atoms with E-state index in [4.69, 9.17) is 0 Å². The van der Waals surface area contributed by atoms with Crippen LogP contribution < -0.4 is 0 Å². The summed E-state index contributed by atoms with van der Waals surface area (Å²) in [6, 6.07) is 19.9. The fourth-order valence-corrected chi connectivity index (χ4v) is 3.53. The minimum absolute atomic E-state index is 0.0135. The van der Waals surface area contributed by atoms with Gasteiger partial charge in [0.1, 0.15) is 11.3 Å². The summed E-state index contributed by atoms with van der Waals surface area (Å²) in [7, 11) is 0. The number of aryl methyl sites for hydroxylation is 2. The largest absolute Gasteiger partial charge is 0.333 e. The van der Waals surface area contributed by atoms with Crippen molar-refractivity contribution < 1.29 is 4.79 Å². The molecule has 0 spiro atoms. The number of carbonyl (C=O) groups is 1. The molecule has 5 heteroatoms. The Morgan fingerprint density at radius 1 is 1.00 bits per heavy atom. The molecule has 3 heterocycles. The van der Waals surface area contributed by atoms with Crippen LogP contribution in [0.4, 0.5) is 0 Å². The van der Waals surface area contributed by atoms with Crippen LogP contribution in [0.1, 0.15) is 33.0 Å². The molecule has 1 aromatic carbocycles. The van der Waals surface area contributed by atoms with Crippen molar-refractivity contribution in [3.05, 3.63) is 101 Å². The van der Waals surface area contributed by atoms with Crippen molar-refractivity contribution in [2.45, 2.75) is 26.8 Å². The van der Waals surface area contributed by atoms with Gasteiger partial charge in [-0.05, 0) is 43.2 Å². The summed E-state index contributed by atoms with van der Waals surface area (Å²) in [6.07, 6.45) is 4.46. The molecule has 0 bridgehead atoms. The third-order valence-corrected chi connectivity index (χ3v) is 5.01. The molecule has 0 fully saturated rings. The summed E-state index contributed by atoms with van der Waals surface area (Å²) in [5, 5.41) is 0. The first-order valence-electron chi connectivity index (χ1n) is 9.80. The minimum atomic E-state index is -0.0135. The molecule has 0 saturated carbocycles. The SMILES string of the molecule is Cc1ccc2nc(C)c(C(=O)N(CCc3ccccn3)Cc3ccccc3)n2c1. The Labute approximate surface area is 170 Å². The molecule has 0 aliphatic carbocycles. The predicted molar refractivity (Wildman–Crippen MR) is 114 cm³/mol. The highest BCUT2D eigenvalue weighted by atomic mass is 16.2. The number of carbonyl (C=O) groups excluding carboxylic acids is 1. The van der Waals surface area contributed by atoms with Gasteiger partial charge >= 0.3 is 0 Å². The Balaban J connectivity index is 1.67. The number of aromatic nitrogens is 3. The van der Waals surface area contributed by atoms with E-state index in [1.165, 1.54) is 0 Å². The summed E-state index contributed by atoms with van der Waals surface area (Å²) in [6.45, 7) is 5.05. The first-order chi connectivity index (χ1) is 14.1. The molecular weight excluding hydrogens is 360 g/mol. The van der Waals surface area contributed by atoms with E-state index in [2.05, 4.69) is 9.97 Å². The Bertz CT molecular complexity index is 1120. The van der Waals surface area contributed by atoms with E-state index in [1.54, 1.807) is 6.20 Å². The maximum Gasteiger partial charge on any atom is 0.273 e. The zero-order valence-corrected chi connectivity index (χ0v) is 16.7. The Hall–Kier alpha value is -3.47. The number of benzene rings is 1. The zero-order chi connectivity index (χ0) is 20.2. The summed E-state index contributed by atoms with van der Waals surface area (Å²) in [5.41, 5.74) is 5.33. The van der Waals surface area contributed by atoms with Gasteiger partial charge in [-0.3, -0.25) is 14.2 Å². The molecule has 0 N–H and O–H groups in total. The van der Waals surface area contributed by atoms with Crippen LogP contribution in [0, 0.1) is 13.8 Å². The van der Waals surface area contributed by atoms with E-state index < -0.39 is 0 Å². The second kappa shape index (κ2) is 8.27. The highest BCUT2D eigenvalue weighted by Crippen LogP contribution is 2.18. The van der Waals surface area contributed by atoms with E-state index >= 15 is 0 Å². The van der Waals surface area contributed by atoms with Gasteiger partial charge < -0.3 is 4.90 Å². The van der Waals surface area contributed by atoms with Crippen molar-refractivity contribution in [2.24, 2.45) is 0 Å². The maximum absolute atomic E-state index is 13.6. The number of hydrogen-bond donors (Lipinski definition) is 0. The third-order valence-electron chi connectivity index (χ3n) is 5.01. The number of imidazole rings is 1. The van der Waals surface area contributed by atoms with E-state index in [1.807, 2.05) is 90.0 Å². The topological polar surface area (TPSA) is 50.5 Å². The number of rotatable bonds is 6. The molecule has 146 valence electrons. The second-order valence-corrected chi connectivity index (χ2v) is 7.26. The minimum Gasteiger partial charge on any atom is -0.333 e. The molecule has 1 amide bonds. The van der Waals surface area contributed by atoms with Crippen LogP contribution in [0.15, 0.2) is 73.1 Å². The average molecular weight is 384 g/mol. The second-order valence-electron chi connectivity index (χ2n) is 7.26. The van der Waals surface area contributed by atoms with Crippen molar-refractivity contribution in [3.8, 4) is 0 Å². The van der Waals surface area contributed by atoms with Crippen molar-refractivity contribution in [3.63, 3.8) is 0 Å². The molecule has 5 nitrogen and oxygen atoms in total. The van der Waals surface area contributed by atoms with Gasteiger partial charge in [-0.15, -0.1) is 0 Å². The lowest BCUT2D eigenvalue weighted by atomic mass is 10.1. The third kappa shape index (κ3) is 4.19. The standard InChI is InChI=1S/C24H24N4O/c1-18-11-12-22-26-19(2)23(28(22)16-18)24(29)27(17-20-8-4-3-5-9-20)15-13-21-10-6-7-14-25-21/h3-12,14,16H,13,15,17H2,1-2H3. The highest BCUT2D eigenvalue weighted by Gasteiger charge is 2.23. The van der Waals surface area contributed by atoms with Gasteiger partial charge in [0.05, 0.1) is 5.69 Å². The summed E-state index contributed by atoms with van der Waals surface area (Å²) in [4.78, 5) is 24.5. The van der Waals surface area contributed by atoms with Crippen molar-refractivity contribution in [1.82, 2.24) is 19.3 Å². The molecule has 0 atom stereocenters. The Morgan fingerprint density at radius 3 is 2.55 bits per heavy atom. The molecule has 0 radical (unpaired) electrons. The molecule has 0 aliphatic rings. The summed E-state index contributed by atoms with van der Waals surface area (Å²) >= 11 is 0. The van der Waals surface area contributed by atoms with Gasteiger partial charge in [0.25, 0.3) is 5.91 Å². The van der Waals surface area contributed by atoms with Crippen molar-refractivity contribution in [2.75, 3.05) is 6.54 Å². The van der Waals surface area contributed by atoms with E-state index in [0.717, 1.165) is 28.2 Å². The molecule has 0 aliphatic heterocycles. The summed E-state index contributed by atoms with van der Waals surface area (Å²) < 4.78 is 1.91. The monoisotopic (exact) mass is 384 g/mol. The Kier molecular flexibility index (Phi) is 5.38. The number of amides is 1. The first-order valence-corrected chi connectivity index (χ1v) is 9.80.